The zero-order valence-electron chi connectivity index (χ0n) is 17.4. The van der Waals surface area contributed by atoms with E-state index in [4.69, 9.17) is 4.98 Å². The second-order valence-electron chi connectivity index (χ2n) is 8.43. The summed E-state index contributed by atoms with van der Waals surface area (Å²) in [5, 5.41) is 6.98. The van der Waals surface area contributed by atoms with Gasteiger partial charge in [0, 0.05) is 30.2 Å². The first-order valence-electron chi connectivity index (χ1n) is 11.0. The van der Waals surface area contributed by atoms with Gasteiger partial charge in [-0.15, -0.1) is 0 Å². The quantitative estimate of drug-likeness (QED) is 0.662. The van der Waals surface area contributed by atoms with Crippen LogP contribution in [-0.4, -0.2) is 35.9 Å². The molecule has 0 bridgehead atoms. The first-order chi connectivity index (χ1) is 15.2. The van der Waals surface area contributed by atoms with Crippen molar-refractivity contribution in [1.29, 1.82) is 0 Å². The molecule has 3 aromatic rings. The number of hydrogen-bond donors (Lipinski definition) is 2. The minimum atomic E-state index is -0.119. The van der Waals surface area contributed by atoms with Crippen molar-refractivity contribution in [2.75, 3.05) is 23.3 Å². The molecule has 2 aromatic carbocycles. The van der Waals surface area contributed by atoms with Gasteiger partial charge in [0.1, 0.15) is 5.82 Å². The topological polar surface area (TPSA) is 74.3 Å². The Labute approximate surface area is 181 Å². The molecule has 2 heterocycles. The van der Waals surface area contributed by atoms with Crippen molar-refractivity contribution in [3.63, 3.8) is 0 Å². The van der Waals surface area contributed by atoms with Gasteiger partial charge in [-0.2, -0.15) is 0 Å². The molecule has 1 aromatic heterocycles. The van der Waals surface area contributed by atoms with Crippen LogP contribution in [0.4, 0.5) is 11.5 Å². The van der Waals surface area contributed by atoms with Crippen LogP contribution in [0.1, 0.15) is 36.0 Å². The molecule has 1 atom stereocenters. The average Bonchev–Trinajstić information content (AvgIpc) is 3.63. The highest BCUT2D eigenvalue weighted by Crippen LogP contribution is 2.28. The molecular formula is C25H26N4O2. The number of fused-ring (bicyclic) bond motifs is 1. The summed E-state index contributed by atoms with van der Waals surface area (Å²) >= 11 is 0. The van der Waals surface area contributed by atoms with Gasteiger partial charge in [-0.3, -0.25) is 9.59 Å². The molecule has 158 valence electrons. The van der Waals surface area contributed by atoms with Gasteiger partial charge in [-0.25, -0.2) is 4.98 Å². The Morgan fingerprint density at radius 3 is 2.55 bits per heavy atom. The molecule has 31 heavy (non-hydrogen) atoms. The van der Waals surface area contributed by atoms with Crippen LogP contribution in [0, 0.1) is 5.92 Å². The van der Waals surface area contributed by atoms with Crippen molar-refractivity contribution in [3.8, 4) is 0 Å². The van der Waals surface area contributed by atoms with Crippen molar-refractivity contribution in [2.24, 2.45) is 5.92 Å². The number of piperidine rings is 1. The Bertz CT molecular complexity index is 1110. The standard InChI is InChI=1S/C25H26N4O2/c30-24(26-18-8-2-1-3-9-18)17-7-6-14-29(16-17)23-15-21(25(31)27-19-12-13-19)20-10-4-5-11-22(20)28-23/h1-5,8-11,15,17,19H,6-7,12-14,16H2,(H,26,30)(H,27,31). The highest BCUT2D eigenvalue weighted by atomic mass is 16.2. The van der Waals surface area contributed by atoms with E-state index >= 15 is 0 Å². The van der Waals surface area contributed by atoms with Crippen LogP contribution >= 0.6 is 0 Å². The molecule has 6 heteroatoms. The van der Waals surface area contributed by atoms with Gasteiger partial charge < -0.3 is 15.5 Å². The average molecular weight is 415 g/mol. The molecular weight excluding hydrogens is 388 g/mol. The van der Waals surface area contributed by atoms with E-state index in [-0.39, 0.29) is 17.7 Å². The molecule has 1 saturated heterocycles. The van der Waals surface area contributed by atoms with Crippen molar-refractivity contribution in [1.82, 2.24) is 10.3 Å². The Morgan fingerprint density at radius 1 is 0.968 bits per heavy atom. The lowest BCUT2D eigenvalue weighted by Gasteiger charge is -2.33. The molecule has 0 spiro atoms. The third kappa shape index (κ3) is 4.38. The Morgan fingerprint density at radius 2 is 1.74 bits per heavy atom. The molecule has 2 amide bonds. The van der Waals surface area contributed by atoms with E-state index in [1.54, 1.807) is 0 Å². The second-order valence-corrected chi connectivity index (χ2v) is 8.43. The minimum Gasteiger partial charge on any atom is -0.356 e. The summed E-state index contributed by atoms with van der Waals surface area (Å²) in [5.41, 5.74) is 2.27. The summed E-state index contributed by atoms with van der Waals surface area (Å²) < 4.78 is 0. The van der Waals surface area contributed by atoms with Gasteiger partial charge in [0.15, 0.2) is 0 Å². The van der Waals surface area contributed by atoms with Crippen LogP contribution in [0.2, 0.25) is 0 Å². The lowest BCUT2D eigenvalue weighted by atomic mass is 9.96. The maximum Gasteiger partial charge on any atom is 0.252 e. The van der Waals surface area contributed by atoms with Gasteiger partial charge in [0.2, 0.25) is 5.91 Å². The van der Waals surface area contributed by atoms with Gasteiger partial charge in [-0.1, -0.05) is 36.4 Å². The first-order valence-corrected chi connectivity index (χ1v) is 11.0. The zero-order valence-corrected chi connectivity index (χ0v) is 17.4. The summed E-state index contributed by atoms with van der Waals surface area (Å²) in [6.45, 7) is 1.41. The number of aromatic nitrogens is 1. The molecule has 1 aliphatic heterocycles. The van der Waals surface area contributed by atoms with Gasteiger partial charge in [0.25, 0.3) is 5.91 Å². The fraction of sp³-hybridized carbons (Fsp3) is 0.320. The normalized spacial score (nSPS) is 18.6. The largest absolute Gasteiger partial charge is 0.356 e. The van der Waals surface area contributed by atoms with Crippen LogP contribution in [-0.2, 0) is 4.79 Å². The highest BCUT2D eigenvalue weighted by Gasteiger charge is 2.29. The van der Waals surface area contributed by atoms with Crippen molar-refractivity contribution in [2.45, 2.75) is 31.7 Å². The molecule has 0 radical (unpaired) electrons. The fourth-order valence-corrected chi connectivity index (χ4v) is 4.17. The van der Waals surface area contributed by atoms with Crippen LogP contribution < -0.4 is 15.5 Å². The van der Waals surface area contributed by atoms with Crippen LogP contribution in [0.25, 0.3) is 10.9 Å². The van der Waals surface area contributed by atoms with Crippen molar-refractivity contribution in [3.05, 3.63) is 66.2 Å². The molecule has 6 nitrogen and oxygen atoms in total. The third-order valence-corrected chi connectivity index (χ3v) is 6.02. The summed E-state index contributed by atoms with van der Waals surface area (Å²) in [4.78, 5) is 32.7. The maximum atomic E-state index is 12.9. The monoisotopic (exact) mass is 414 g/mol. The minimum absolute atomic E-state index is 0.0309. The van der Waals surface area contributed by atoms with Crippen molar-refractivity contribution >= 4 is 34.2 Å². The van der Waals surface area contributed by atoms with E-state index in [1.165, 1.54) is 0 Å². The Balaban J connectivity index is 1.39. The maximum absolute atomic E-state index is 12.9. The van der Waals surface area contributed by atoms with Gasteiger partial charge >= 0.3 is 0 Å². The number of hydrogen-bond acceptors (Lipinski definition) is 4. The molecule has 1 saturated carbocycles. The first kappa shape index (κ1) is 19.5. The smallest absolute Gasteiger partial charge is 0.252 e. The third-order valence-electron chi connectivity index (χ3n) is 6.02. The number of nitrogens with zero attached hydrogens (tertiary/aromatic N) is 2. The predicted octanol–water partition coefficient (Wildman–Crippen LogP) is 3.98. The number of carbonyl (C=O) groups excluding carboxylic acids is 2. The lowest BCUT2D eigenvalue weighted by Crippen LogP contribution is -2.41. The van der Waals surface area contributed by atoms with Crippen molar-refractivity contribution < 1.29 is 9.59 Å². The fourth-order valence-electron chi connectivity index (χ4n) is 4.17. The zero-order chi connectivity index (χ0) is 21.2. The van der Waals surface area contributed by atoms with E-state index in [0.29, 0.717) is 18.2 Å². The van der Waals surface area contributed by atoms with E-state index in [9.17, 15) is 9.59 Å². The number of anilines is 2. The summed E-state index contributed by atoms with van der Waals surface area (Å²) in [6, 6.07) is 19.5. The number of nitrogens with one attached hydrogen (secondary N) is 2. The highest BCUT2D eigenvalue weighted by molar-refractivity contribution is 6.07. The van der Waals surface area contributed by atoms with Crippen LogP contribution in [0.15, 0.2) is 60.7 Å². The number of amides is 2. The number of rotatable bonds is 5. The van der Waals surface area contributed by atoms with E-state index in [0.717, 1.165) is 54.6 Å². The number of para-hydroxylation sites is 2. The Kier molecular flexibility index (Phi) is 5.28. The summed E-state index contributed by atoms with van der Waals surface area (Å²) in [6.07, 6.45) is 3.85. The molecule has 2 N–H and O–H groups in total. The molecule has 1 aliphatic carbocycles. The summed E-state index contributed by atoms with van der Waals surface area (Å²) in [5.74, 6) is 0.629. The number of carbonyl (C=O) groups is 2. The van der Waals surface area contributed by atoms with Crippen LogP contribution in [0.5, 0.6) is 0 Å². The predicted molar refractivity (Wildman–Crippen MR) is 122 cm³/mol. The molecule has 2 aliphatic rings. The van der Waals surface area contributed by atoms with E-state index in [1.807, 2.05) is 60.7 Å². The van der Waals surface area contributed by atoms with E-state index in [2.05, 4.69) is 15.5 Å². The second kappa shape index (κ2) is 8.38. The SMILES string of the molecule is O=C(NC1CC1)c1cc(N2CCCC(C(=O)Nc3ccccc3)C2)nc2ccccc12. The molecule has 1 unspecified atom stereocenters. The van der Waals surface area contributed by atoms with Gasteiger partial charge in [0.05, 0.1) is 17.0 Å². The number of pyridine rings is 1. The summed E-state index contributed by atoms with van der Waals surface area (Å²) in [7, 11) is 0. The molecule has 5 rings (SSSR count). The van der Waals surface area contributed by atoms with Gasteiger partial charge in [-0.05, 0) is 49.9 Å². The Hall–Kier alpha value is -3.41. The van der Waals surface area contributed by atoms with Crippen LogP contribution in [0.3, 0.4) is 0 Å². The van der Waals surface area contributed by atoms with E-state index < -0.39 is 0 Å². The lowest BCUT2D eigenvalue weighted by molar-refractivity contribution is -0.120. The number of benzene rings is 2. The molecule has 2 fully saturated rings.